The minimum atomic E-state index is -3.77. The van der Waals surface area contributed by atoms with Crippen LogP contribution in [0.5, 0.6) is 0 Å². The van der Waals surface area contributed by atoms with Crippen molar-refractivity contribution in [3.63, 3.8) is 0 Å². The predicted octanol–water partition coefficient (Wildman–Crippen LogP) is 3.70. The van der Waals surface area contributed by atoms with Gasteiger partial charge in [-0.05, 0) is 58.9 Å². The summed E-state index contributed by atoms with van der Waals surface area (Å²) in [4.78, 5) is 21.0. The van der Waals surface area contributed by atoms with Crippen LogP contribution in [0.1, 0.15) is 17.3 Å². The van der Waals surface area contributed by atoms with Crippen molar-refractivity contribution >= 4 is 65.7 Å². The topological polar surface area (TPSA) is 103 Å². The van der Waals surface area contributed by atoms with Crippen molar-refractivity contribution in [3.05, 3.63) is 45.7 Å². The molecule has 2 N–H and O–H groups in total. The van der Waals surface area contributed by atoms with Crippen LogP contribution in [0.4, 0.5) is 11.5 Å². The maximum atomic E-state index is 12.6. The number of hydrogen-bond donors (Lipinski definition) is 2. The highest BCUT2D eigenvalue weighted by molar-refractivity contribution is 9.11. The lowest BCUT2D eigenvalue weighted by Crippen LogP contribution is -2.46. The summed E-state index contributed by atoms with van der Waals surface area (Å²) in [5, 5.41) is 10.2. The second kappa shape index (κ2) is 8.73. The third-order valence-electron chi connectivity index (χ3n) is 5.23. The zero-order valence-corrected chi connectivity index (χ0v) is 19.9. The van der Waals surface area contributed by atoms with Gasteiger partial charge in [0.15, 0.2) is 0 Å². The molecule has 164 valence electrons. The van der Waals surface area contributed by atoms with E-state index in [1.165, 1.54) is 12.1 Å². The van der Waals surface area contributed by atoms with Gasteiger partial charge >= 0.3 is 5.97 Å². The minimum Gasteiger partial charge on any atom is -0.478 e. The first-order valence-electron chi connectivity index (χ1n) is 9.70. The highest BCUT2D eigenvalue weighted by Crippen LogP contribution is 2.30. The average Bonchev–Trinajstić information content (AvgIpc) is 3.20. The van der Waals surface area contributed by atoms with Gasteiger partial charge in [-0.3, -0.25) is 4.72 Å². The van der Waals surface area contributed by atoms with Crippen LogP contribution in [0.3, 0.4) is 0 Å². The number of carboxylic acid groups (broad SMARTS) is 1. The number of rotatable bonds is 6. The Bertz CT molecular complexity index is 1240. The fraction of sp³-hybridized carbons (Fsp3) is 0.300. The monoisotopic (exact) mass is 524 g/mol. The van der Waals surface area contributed by atoms with Crippen molar-refractivity contribution in [2.45, 2.75) is 11.1 Å². The molecular weight excluding hydrogens is 504 g/mol. The molecule has 3 heterocycles. The smallest absolute Gasteiger partial charge is 0.336 e. The highest BCUT2D eigenvalue weighted by Gasteiger charge is 2.21. The van der Waals surface area contributed by atoms with Crippen LogP contribution < -0.4 is 9.62 Å². The Morgan fingerprint density at radius 1 is 1.19 bits per heavy atom. The Morgan fingerprint density at radius 3 is 2.55 bits per heavy atom. The van der Waals surface area contributed by atoms with E-state index in [4.69, 9.17) is 0 Å². The molecule has 11 heteroatoms. The average molecular weight is 525 g/mol. The van der Waals surface area contributed by atoms with Crippen molar-refractivity contribution in [1.29, 1.82) is 0 Å². The molecule has 4 rings (SSSR count). The second-order valence-electron chi connectivity index (χ2n) is 7.15. The summed E-state index contributed by atoms with van der Waals surface area (Å²) in [5.41, 5.74) is 0.887. The number of pyridine rings is 1. The number of nitrogens with zero attached hydrogens (tertiary/aromatic N) is 3. The molecule has 0 aliphatic carbocycles. The third kappa shape index (κ3) is 4.69. The number of thiophene rings is 1. The van der Waals surface area contributed by atoms with Crippen LogP contribution in [-0.4, -0.2) is 62.1 Å². The molecule has 0 spiro atoms. The zero-order chi connectivity index (χ0) is 22.2. The summed E-state index contributed by atoms with van der Waals surface area (Å²) in [6, 6.07) is 9.50. The highest BCUT2D eigenvalue weighted by atomic mass is 79.9. The molecule has 0 bridgehead atoms. The Hall–Kier alpha value is -2.21. The first kappa shape index (κ1) is 22.0. The first-order valence-corrected chi connectivity index (χ1v) is 12.8. The molecule has 0 amide bonds. The van der Waals surface area contributed by atoms with Crippen LogP contribution in [0.25, 0.3) is 10.9 Å². The number of halogens is 1. The summed E-state index contributed by atoms with van der Waals surface area (Å²) in [7, 11) is -3.77. The number of benzene rings is 1. The Balaban J connectivity index is 1.68. The largest absolute Gasteiger partial charge is 0.478 e. The van der Waals surface area contributed by atoms with Crippen molar-refractivity contribution in [3.8, 4) is 0 Å². The van der Waals surface area contributed by atoms with Gasteiger partial charge in [0, 0.05) is 37.3 Å². The lowest BCUT2D eigenvalue weighted by atomic mass is 10.1. The number of hydrogen-bond acceptors (Lipinski definition) is 7. The fourth-order valence-corrected chi connectivity index (χ4v) is 6.61. The standard InChI is InChI=1S/C20H21BrN4O4S2/c1-2-24-7-9-25(10-8-24)18-12-15(20(26)27)14-11-13(3-4-16(14)22-18)23-31(28,29)19-6-5-17(21)30-19/h3-6,11-12,23H,2,7-10H2,1H3,(H,26,27). The lowest BCUT2D eigenvalue weighted by Gasteiger charge is -2.35. The van der Waals surface area contributed by atoms with E-state index in [1.54, 1.807) is 24.3 Å². The molecule has 0 unspecified atom stereocenters. The summed E-state index contributed by atoms with van der Waals surface area (Å²) in [5.74, 6) is -0.458. The SMILES string of the molecule is CCN1CCN(c2cc(C(=O)O)c3cc(NS(=O)(=O)c4ccc(Br)s4)ccc3n2)CC1. The number of fused-ring (bicyclic) bond motifs is 1. The summed E-state index contributed by atoms with van der Waals surface area (Å²) in [6.07, 6.45) is 0. The molecule has 1 fully saturated rings. The van der Waals surface area contributed by atoms with Crippen LogP contribution in [0, 0.1) is 0 Å². The number of sulfonamides is 1. The fourth-order valence-electron chi connectivity index (χ4n) is 3.56. The van der Waals surface area contributed by atoms with Crippen molar-refractivity contribution in [2.75, 3.05) is 42.3 Å². The van der Waals surface area contributed by atoms with Gasteiger partial charge < -0.3 is 14.9 Å². The Labute approximate surface area is 192 Å². The molecule has 3 aromatic rings. The van der Waals surface area contributed by atoms with Crippen LogP contribution in [-0.2, 0) is 10.0 Å². The zero-order valence-electron chi connectivity index (χ0n) is 16.7. The molecule has 1 aromatic carbocycles. The van der Waals surface area contributed by atoms with Crippen LogP contribution in [0.15, 0.2) is 44.4 Å². The Morgan fingerprint density at radius 2 is 1.94 bits per heavy atom. The minimum absolute atomic E-state index is 0.0952. The van der Waals surface area contributed by atoms with Gasteiger partial charge in [0.25, 0.3) is 10.0 Å². The maximum absolute atomic E-state index is 12.6. The summed E-state index contributed by atoms with van der Waals surface area (Å²) >= 11 is 4.36. The van der Waals surface area contributed by atoms with Crippen LogP contribution in [0.2, 0.25) is 0 Å². The molecule has 31 heavy (non-hydrogen) atoms. The molecule has 0 saturated carbocycles. The number of piperazine rings is 1. The molecule has 2 aromatic heterocycles. The van der Waals surface area contributed by atoms with Gasteiger partial charge in [-0.2, -0.15) is 0 Å². The lowest BCUT2D eigenvalue weighted by molar-refractivity contribution is 0.0699. The second-order valence-corrected chi connectivity index (χ2v) is 11.5. The number of aromatic carboxylic acids is 1. The van der Waals surface area contributed by atoms with E-state index in [0.717, 1.165) is 44.1 Å². The first-order chi connectivity index (χ1) is 14.8. The van der Waals surface area contributed by atoms with Crippen molar-refractivity contribution in [2.24, 2.45) is 0 Å². The van der Waals surface area contributed by atoms with E-state index in [9.17, 15) is 18.3 Å². The third-order valence-corrected chi connectivity index (χ3v) is 8.73. The summed E-state index contributed by atoms with van der Waals surface area (Å²) < 4.78 is 28.6. The van der Waals surface area contributed by atoms with Crippen molar-refractivity contribution in [1.82, 2.24) is 9.88 Å². The van der Waals surface area contributed by atoms with Gasteiger partial charge in [0.2, 0.25) is 0 Å². The number of likely N-dealkylation sites (N-methyl/N-ethyl adjacent to an activating group) is 1. The van der Waals surface area contributed by atoms with Gasteiger partial charge in [-0.25, -0.2) is 18.2 Å². The predicted molar refractivity (Wildman–Crippen MR) is 126 cm³/mol. The summed E-state index contributed by atoms with van der Waals surface area (Å²) in [6.45, 7) is 6.46. The molecule has 1 aliphatic rings. The van der Waals surface area contributed by atoms with Crippen LogP contribution >= 0.6 is 27.3 Å². The van der Waals surface area contributed by atoms with Crippen molar-refractivity contribution < 1.29 is 18.3 Å². The van der Waals surface area contributed by atoms with E-state index in [0.29, 0.717) is 20.5 Å². The van der Waals surface area contributed by atoms with Gasteiger partial charge in [-0.1, -0.05) is 6.92 Å². The van der Waals surface area contributed by atoms with E-state index in [2.05, 4.69) is 42.4 Å². The van der Waals surface area contributed by atoms with E-state index in [1.807, 2.05) is 0 Å². The molecule has 8 nitrogen and oxygen atoms in total. The molecular formula is C20H21BrN4O4S2. The van der Waals surface area contributed by atoms with Gasteiger partial charge in [-0.15, -0.1) is 11.3 Å². The molecule has 0 atom stereocenters. The molecule has 0 radical (unpaired) electrons. The maximum Gasteiger partial charge on any atom is 0.336 e. The Kier molecular flexibility index (Phi) is 6.20. The van der Waals surface area contributed by atoms with Gasteiger partial charge in [0.1, 0.15) is 10.0 Å². The number of anilines is 2. The number of carbonyl (C=O) groups is 1. The number of nitrogens with one attached hydrogen (secondary N) is 1. The van der Waals surface area contributed by atoms with E-state index in [-0.39, 0.29) is 15.5 Å². The van der Waals surface area contributed by atoms with E-state index < -0.39 is 16.0 Å². The van der Waals surface area contributed by atoms with E-state index >= 15 is 0 Å². The normalized spacial score (nSPS) is 15.4. The number of aromatic nitrogens is 1. The quantitative estimate of drug-likeness (QED) is 0.506. The molecule has 1 saturated heterocycles. The van der Waals surface area contributed by atoms with Gasteiger partial charge in [0.05, 0.1) is 14.9 Å². The molecule has 1 aliphatic heterocycles. The number of carboxylic acids is 1.